The molecule has 0 saturated carbocycles. The van der Waals surface area contributed by atoms with Crippen molar-refractivity contribution in [2.45, 2.75) is 11.3 Å². The molecule has 4 heteroatoms. The van der Waals surface area contributed by atoms with E-state index in [0.29, 0.717) is 6.42 Å². The Morgan fingerprint density at radius 3 is 3.00 bits per heavy atom. The number of fused-ring (bicyclic) bond motifs is 1. The van der Waals surface area contributed by atoms with E-state index in [1.54, 1.807) is 12.1 Å². The molecule has 2 rings (SSSR count). The summed E-state index contributed by atoms with van der Waals surface area (Å²) in [6, 6.07) is 5.41. The third-order valence-corrected chi connectivity index (χ3v) is 3.32. The van der Waals surface area contributed by atoms with Gasteiger partial charge in [-0.25, -0.2) is 0 Å². The summed E-state index contributed by atoms with van der Waals surface area (Å²) in [6.07, 6.45) is 0.387. The summed E-state index contributed by atoms with van der Waals surface area (Å²) in [5.74, 6) is 0.216. The minimum absolute atomic E-state index is 0.216. The molecule has 70 valence electrons. The minimum Gasteiger partial charge on any atom is -0.508 e. The summed E-state index contributed by atoms with van der Waals surface area (Å²) in [7, 11) is 0. The third kappa shape index (κ3) is 1.45. The van der Waals surface area contributed by atoms with Gasteiger partial charge in [0.15, 0.2) is 0 Å². The topological polar surface area (TPSA) is 44.0 Å². The van der Waals surface area contributed by atoms with Crippen LogP contribution in [0.3, 0.4) is 0 Å². The Morgan fingerprint density at radius 2 is 2.29 bits per heavy atom. The minimum atomic E-state index is 0.216. The molecule has 0 amide bonds. The fourth-order valence-corrected chi connectivity index (χ4v) is 2.90. The Kier molecular flexibility index (Phi) is 2.36. The van der Waals surface area contributed by atoms with Crippen LogP contribution in [0.5, 0.6) is 5.75 Å². The molecular formula is C10H7NOS2. The summed E-state index contributed by atoms with van der Waals surface area (Å²) >= 11 is 5.81. The van der Waals surface area contributed by atoms with Gasteiger partial charge in [-0.05, 0) is 23.1 Å². The highest BCUT2D eigenvalue weighted by Gasteiger charge is 2.08. The van der Waals surface area contributed by atoms with Crippen LogP contribution in [-0.2, 0) is 6.42 Å². The average Bonchev–Trinajstić information content (AvgIpc) is 2.49. The molecular weight excluding hydrogens is 214 g/mol. The van der Waals surface area contributed by atoms with Crippen molar-refractivity contribution in [2.24, 2.45) is 0 Å². The van der Waals surface area contributed by atoms with Crippen molar-refractivity contribution in [3.8, 4) is 11.8 Å². The van der Waals surface area contributed by atoms with E-state index in [1.807, 2.05) is 5.38 Å². The number of rotatable bonds is 1. The smallest absolute Gasteiger partial charge is 0.118 e. The van der Waals surface area contributed by atoms with Crippen LogP contribution < -0.4 is 0 Å². The maximum Gasteiger partial charge on any atom is 0.118 e. The van der Waals surface area contributed by atoms with Crippen LogP contribution in [0.2, 0.25) is 0 Å². The number of benzene rings is 1. The lowest BCUT2D eigenvalue weighted by molar-refractivity contribution is 0.475. The summed E-state index contributed by atoms with van der Waals surface area (Å²) < 4.78 is 0.972. The van der Waals surface area contributed by atoms with E-state index in [1.165, 1.54) is 11.3 Å². The molecule has 2 nitrogen and oxygen atoms in total. The average molecular weight is 221 g/mol. The normalized spacial score (nSPS) is 10.3. The van der Waals surface area contributed by atoms with E-state index in [0.717, 1.165) is 20.5 Å². The number of nitrogens with zero attached hydrogens (tertiary/aromatic N) is 1. The molecule has 0 aliphatic heterocycles. The molecule has 14 heavy (non-hydrogen) atoms. The SMILES string of the molecule is N#CCc1csc2cc(O)cc(S)c12. The van der Waals surface area contributed by atoms with E-state index in [2.05, 4.69) is 18.7 Å². The number of phenols is 1. The van der Waals surface area contributed by atoms with Crippen LogP contribution in [0.1, 0.15) is 5.56 Å². The van der Waals surface area contributed by atoms with Gasteiger partial charge in [-0.3, -0.25) is 0 Å². The van der Waals surface area contributed by atoms with Gasteiger partial charge < -0.3 is 5.11 Å². The van der Waals surface area contributed by atoms with Crippen molar-refractivity contribution in [3.63, 3.8) is 0 Å². The summed E-state index contributed by atoms with van der Waals surface area (Å²) in [5, 5.41) is 20.9. The van der Waals surface area contributed by atoms with Crippen LogP contribution in [-0.4, -0.2) is 5.11 Å². The fraction of sp³-hybridized carbons (Fsp3) is 0.100. The van der Waals surface area contributed by atoms with Gasteiger partial charge in [0.05, 0.1) is 12.5 Å². The van der Waals surface area contributed by atoms with Crippen molar-refractivity contribution in [2.75, 3.05) is 0 Å². The number of thiol groups is 1. The zero-order chi connectivity index (χ0) is 10.1. The maximum atomic E-state index is 9.34. The second-order valence-corrected chi connectivity index (χ2v) is 4.33. The van der Waals surface area contributed by atoms with E-state index in [4.69, 9.17) is 5.26 Å². The molecule has 1 aromatic heterocycles. The molecule has 0 fully saturated rings. The Balaban J connectivity index is 2.74. The predicted octanol–water partition coefficient (Wildman–Crippen LogP) is 2.96. The first-order valence-electron chi connectivity index (χ1n) is 4.01. The zero-order valence-electron chi connectivity index (χ0n) is 7.19. The van der Waals surface area contributed by atoms with Gasteiger partial charge in [-0.2, -0.15) is 5.26 Å². The first-order chi connectivity index (χ1) is 6.72. The predicted molar refractivity (Wildman–Crippen MR) is 60.1 cm³/mol. The van der Waals surface area contributed by atoms with E-state index in [9.17, 15) is 5.11 Å². The number of nitriles is 1. The third-order valence-electron chi connectivity index (χ3n) is 1.98. The van der Waals surface area contributed by atoms with Crippen molar-refractivity contribution in [3.05, 3.63) is 23.1 Å². The molecule has 1 aromatic carbocycles. The van der Waals surface area contributed by atoms with Crippen LogP contribution in [0, 0.1) is 11.3 Å². The quantitative estimate of drug-likeness (QED) is 0.727. The van der Waals surface area contributed by atoms with Crippen LogP contribution in [0.25, 0.3) is 10.1 Å². The lowest BCUT2D eigenvalue weighted by atomic mass is 10.1. The molecule has 0 aliphatic rings. The second-order valence-electron chi connectivity index (χ2n) is 2.93. The first kappa shape index (κ1) is 9.38. The standard InChI is InChI=1S/C10H7NOS2/c11-2-1-6-5-14-9-4-7(12)3-8(13)10(6)9/h3-5,12-13H,1H2. The van der Waals surface area contributed by atoms with Crippen LogP contribution in [0.4, 0.5) is 0 Å². The van der Waals surface area contributed by atoms with Gasteiger partial charge in [-0.1, -0.05) is 0 Å². The zero-order valence-corrected chi connectivity index (χ0v) is 8.90. The molecule has 1 heterocycles. The van der Waals surface area contributed by atoms with Gasteiger partial charge in [0.1, 0.15) is 5.75 Å². The molecule has 0 unspecified atom stereocenters. The van der Waals surface area contributed by atoms with Gasteiger partial charge in [0, 0.05) is 15.0 Å². The largest absolute Gasteiger partial charge is 0.508 e. The number of thiophene rings is 1. The molecule has 0 spiro atoms. The van der Waals surface area contributed by atoms with Gasteiger partial charge in [0.25, 0.3) is 0 Å². The molecule has 0 radical (unpaired) electrons. The number of aromatic hydroxyl groups is 1. The van der Waals surface area contributed by atoms with E-state index < -0.39 is 0 Å². The molecule has 1 N–H and O–H groups in total. The summed E-state index contributed by atoms with van der Waals surface area (Å²) in [4.78, 5) is 0.728. The van der Waals surface area contributed by atoms with Gasteiger partial charge in [-0.15, -0.1) is 24.0 Å². The number of hydrogen-bond donors (Lipinski definition) is 2. The van der Waals surface area contributed by atoms with Gasteiger partial charge in [0.2, 0.25) is 0 Å². The van der Waals surface area contributed by atoms with Crippen LogP contribution in [0.15, 0.2) is 22.4 Å². The van der Waals surface area contributed by atoms with Crippen LogP contribution >= 0.6 is 24.0 Å². The monoisotopic (exact) mass is 221 g/mol. The highest BCUT2D eigenvalue weighted by molar-refractivity contribution is 7.80. The van der Waals surface area contributed by atoms with Crippen molar-refractivity contribution < 1.29 is 5.11 Å². The Hall–Kier alpha value is -1.18. The molecule has 0 atom stereocenters. The molecule has 0 saturated heterocycles. The molecule has 2 aromatic rings. The first-order valence-corrected chi connectivity index (χ1v) is 5.34. The lowest BCUT2D eigenvalue weighted by Gasteiger charge is -1.99. The fourth-order valence-electron chi connectivity index (χ4n) is 1.41. The molecule has 0 aliphatic carbocycles. The van der Waals surface area contributed by atoms with E-state index >= 15 is 0 Å². The Labute approximate surface area is 90.8 Å². The lowest BCUT2D eigenvalue weighted by Crippen LogP contribution is -1.79. The van der Waals surface area contributed by atoms with Gasteiger partial charge >= 0.3 is 0 Å². The second kappa shape index (κ2) is 3.52. The maximum absolute atomic E-state index is 9.34. The Bertz CT molecular complexity index is 525. The highest BCUT2D eigenvalue weighted by atomic mass is 32.1. The molecule has 0 bridgehead atoms. The summed E-state index contributed by atoms with van der Waals surface area (Å²) in [5.41, 5.74) is 0.984. The highest BCUT2D eigenvalue weighted by Crippen LogP contribution is 2.34. The van der Waals surface area contributed by atoms with E-state index in [-0.39, 0.29) is 5.75 Å². The number of hydrogen-bond acceptors (Lipinski definition) is 4. The van der Waals surface area contributed by atoms with Crippen molar-refractivity contribution >= 4 is 34.1 Å². The summed E-state index contributed by atoms with van der Waals surface area (Å²) in [6.45, 7) is 0. The number of phenolic OH excluding ortho intramolecular Hbond substituents is 1. The van der Waals surface area contributed by atoms with Crippen molar-refractivity contribution in [1.82, 2.24) is 0 Å². The van der Waals surface area contributed by atoms with Crippen molar-refractivity contribution in [1.29, 1.82) is 5.26 Å². The Morgan fingerprint density at radius 1 is 1.50 bits per heavy atom.